The van der Waals surface area contributed by atoms with Crippen molar-refractivity contribution >= 4 is 54.8 Å². The second-order valence-electron chi connectivity index (χ2n) is 47.1. The Balaban J connectivity index is 0.000000130. The number of halogens is 5. The lowest BCUT2D eigenvalue weighted by Gasteiger charge is -2.42. The molecule has 0 radical (unpaired) electrons. The average Bonchev–Trinajstić information content (AvgIpc) is 1.75. The van der Waals surface area contributed by atoms with Gasteiger partial charge in [-0.05, 0) is 153 Å². The molecule has 13 fully saturated rings. The largest absolute Gasteiger partial charge is 0.496 e. The molecule has 0 N–H and O–H groups in total. The minimum atomic E-state index is -2.41. The van der Waals surface area contributed by atoms with Crippen LogP contribution < -0.4 is 30.1 Å². The van der Waals surface area contributed by atoms with Crippen LogP contribution in [0.2, 0.25) is 5.15 Å². The lowest BCUT2D eigenvalue weighted by Crippen LogP contribution is -2.55. The van der Waals surface area contributed by atoms with Gasteiger partial charge in [0.25, 0.3) is 0 Å². The highest BCUT2D eigenvalue weighted by Crippen LogP contribution is 2.54. The standard InChI is InChI=1S/C21H32NO3P.C20H32NO2P.C19H30NOP.C15H24FN3O.C14H21ClFN3O.C14H22FN3O.C13H20FN3O/c1-16(2)18-8-9-19(21-20(18)24-12-13-25-21)26(23)14-10-22(11-15-26)17-6-4-3-5-7-17;1-16(2)19-10-9-18(15-20(19)23-3)24(22)13-11-21(12-14-24)17-7-5-4-6-8-17;1-16(2)17-8-10-19(11-9-17)22(21)14-12-20(13-15-22)18-6-4-3-5-7-18;1-10(2)13-6-17-19(11(13)3)15-4-5-18(7-14(15)16)12-8-20-9-12;1-9(2)11-5-17-19(14(11)15)13-3-4-18(6-12(13)16)10-7-20-8-10;1-10(2)11-5-16-18(6-11)14-3-4-17(7-13(14)15)12-8-19-9-12;1-9(2)11-6-15-17(7-11)13-4-5-16(10(3)18)8-12(13)14/h8-9,16-17H,3-7,10-15H2,1-2H3;9-10,15-17H,4-8,11-14H2,1-3H3;8-11,16,18H,3-7,12-15H2,1-2H3;6,10,12,14-15H,4-5,7-9H2,1-3H3;5,9-10,12-13H,3-4,6-8H2,1-2H3;5-6,10,12-14H,3-4,7-9H2,1-2H3;6-7,9,12-13H,4-5,8H2,1-3H3/t;;;14-,15-;12-,13-;13-,14-;12-,13-/m...0000/s1. The van der Waals surface area contributed by atoms with Crippen LogP contribution in [0.5, 0.6) is 17.2 Å². The first-order valence-corrected chi connectivity index (χ1v) is 63.9. The van der Waals surface area contributed by atoms with Crippen LogP contribution in [0.25, 0.3) is 0 Å². The summed E-state index contributed by atoms with van der Waals surface area (Å²) in [7, 11) is -5.11. The van der Waals surface area contributed by atoms with Crippen molar-refractivity contribution in [3.63, 3.8) is 0 Å². The lowest BCUT2D eigenvalue weighted by molar-refractivity contribution is -0.131. The van der Waals surface area contributed by atoms with E-state index < -0.39 is 46.1 Å². The summed E-state index contributed by atoms with van der Waals surface area (Å²) in [6.07, 6.45) is 36.0. The number of amides is 1. The molecule has 7 aromatic rings. The van der Waals surface area contributed by atoms with Crippen molar-refractivity contribution in [1.29, 1.82) is 0 Å². The molecular weight excluding hydrogens is 1970 g/mol. The molecule has 15 heterocycles. The third-order valence-corrected chi connectivity index (χ3v) is 44.4. The van der Waals surface area contributed by atoms with Gasteiger partial charge in [-0.15, -0.1) is 0 Å². The summed E-state index contributed by atoms with van der Waals surface area (Å²) < 4.78 is 138. The fourth-order valence-corrected chi connectivity index (χ4v) is 32.8. The van der Waals surface area contributed by atoms with Gasteiger partial charge in [-0.1, -0.05) is 209 Å². The molecule has 33 heteroatoms. The maximum atomic E-state index is 14.6. The number of hydrogen-bond acceptors (Lipinski definition) is 20. The van der Waals surface area contributed by atoms with E-state index in [0.717, 1.165) is 222 Å². The van der Waals surface area contributed by atoms with E-state index in [2.05, 4.69) is 202 Å². The van der Waals surface area contributed by atoms with Crippen molar-refractivity contribution in [2.45, 2.75) is 359 Å². The fourth-order valence-electron chi connectivity index (χ4n) is 24.4. The Morgan fingerprint density at radius 2 is 0.745 bits per heavy atom. The number of nitrogens with zero attached hydrogens (tertiary/aromatic N) is 15. The van der Waals surface area contributed by atoms with Gasteiger partial charge in [-0.25, -0.2) is 22.2 Å². The highest BCUT2D eigenvalue weighted by atomic mass is 35.5. The third kappa shape index (κ3) is 29.4. The van der Waals surface area contributed by atoms with Crippen molar-refractivity contribution in [2.24, 2.45) is 0 Å². The molecule has 11 aliphatic heterocycles. The number of aromatic nitrogens is 8. The average molecular weight is 2150 g/mol. The van der Waals surface area contributed by atoms with Crippen molar-refractivity contribution in [1.82, 2.24) is 73.4 Å². The van der Waals surface area contributed by atoms with E-state index >= 15 is 0 Å². The zero-order valence-corrected chi connectivity index (χ0v) is 96.5. The number of rotatable bonds is 21. The summed E-state index contributed by atoms with van der Waals surface area (Å²) >= 11 is 6.36. The molecule has 3 aromatic carbocycles. The van der Waals surface area contributed by atoms with Crippen LogP contribution in [0.4, 0.5) is 17.6 Å². The molecule has 25 nitrogen and oxygen atoms in total. The number of methoxy groups -OCH3 is 1. The van der Waals surface area contributed by atoms with E-state index in [1.54, 1.807) is 33.8 Å². The van der Waals surface area contributed by atoms with Crippen LogP contribution in [0, 0.1) is 6.92 Å². The van der Waals surface area contributed by atoms with Crippen molar-refractivity contribution < 1.29 is 64.5 Å². The number of ether oxygens (including phenoxy) is 6. The van der Waals surface area contributed by atoms with Gasteiger partial charge in [-0.3, -0.25) is 48.2 Å². The quantitative estimate of drug-likeness (QED) is 0.0482. The number of likely N-dealkylation sites (tertiary alicyclic amines) is 4. The van der Waals surface area contributed by atoms with Crippen LogP contribution in [0.15, 0.2) is 91.8 Å². The summed E-state index contributed by atoms with van der Waals surface area (Å²) in [5.41, 5.74) is 9.35. The molecule has 10 saturated heterocycles. The molecule has 14 aliphatic rings. The number of alkyl halides is 4. The maximum absolute atomic E-state index is 14.6. The Morgan fingerprint density at radius 3 is 1.11 bits per heavy atom. The Morgan fingerprint density at radius 1 is 0.376 bits per heavy atom. The lowest BCUT2D eigenvalue weighted by atomic mass is 9.94. The molecule has 3 aliphatic carbocycles. The second-order valence-corrected chi connectivity index (χ2v) is 57.0. The molecule has 1 amide bonds. The van der Waals surface area contributed by atoms with Gasteiger partial charge in [0.15, 0.2) is 11.5 Å². The van der Waals surface area contributed by atoms with E-state index in [-0.39, 0.29) is 36.6 Å². The number of fused-ring (bicyclic) bond motifs is 1. The number of piperidine rings is 4. The van der Waals surface area contributed by atoms with Gasteiger partial charge in [0.05, 0.1) is 126 Å². The molecule has 4 aromatic heterocycles. The molecule has 8 atom stereocenters. The summed E-state index contributed by atoms with van der Waals surface area (Å²) in [4.78, 5) is 27.2. The van der Waals surface area contributed by atoms with Crippen LogP contribution in [0.1, 0.15) is 336 Å². The minimum Gasteiger partial charge on any atom is -0.496 e. The molecule has 0 spiro atoms. The first kappa shape index (κ1) is 117. The smallest absolute Gasteiger partial charge is 0.219 e. The number of carbonyl (C=O) groups is 1. The number of carbonyl (C=O) groups excluding carboxylic acids is 1. The van der Waals surface area contributed by atoms with Crippen molar-refractivity contribution in [2.75, 3.05) is 189 Å². The predicted molar refractivity (Wildman–Crippen MR) is 595 cm³/mol. The zero-order valence-electron chi connectivity index (χ0n) is 93.0. The van der Waals surface area contributed by atoms with Gasteiger partial charge in [-0.2, -0.15) is 20.4 Å². The fraction of sp³-hybridized carbons (Fsp3) is 0.733. The molecular formula is C116H181ClF4N15O10P3. The minimum absolute atomic E-state index is 0.0561. The Kier molecular flexibility index (Phi) is 42.4. The molecule has 830 valence electrons. The summed E-state index contributed by atoms with van der Waals surface area (Å²) in [5.74, 6) is 5.38. The summed E-state index contributed by atoms with van der Waals surface area (Å²) in [5, 5.41) is 21.0. The number of hydrogen-bond donors (Lipinski definition) is 0. The van der Waals surface area contributed by atoms with Crippen LogP contribution in [-0.4, -0.2) is 329 Å². The topological polar surface area (TPSA) is 218 Å². The molecule has 3 saturated carbocycles. The van der Waals surface area contributed by atoms with Crippen molar-refractivity contribution in [3.8, 4) is 17.2 Å². The predicted octanol–water partition coefficient (Wildman–Crippen LogP) is 22.2. The summed E-state index contributed by atoms with van der Waals surface area (Å²) in [6, 6.07) is 21.8. The van der Waals surface area contributed by atoms with Crippen molar-refractivity contribution in [3.05, 3.63) is 142 Å². The molecule has 0 bridgehead atoms. The second kappa shape index (κ2) is 54.1. The van der Waals surface area contributed by atoms with Gasteiger partial charge < -0.3 is 47.0 Å². The van der Waals surface area contributed by atoms with Crippen LogP contribution >= 0.6 is 33.0 Å². The first-order valence-electron chi connectivity index (χ1n) is 57.3. The zero-order chi connectivity index (χ0) is 106. The summed E-state index contributed by atoms with van der Waals surface area (Å²) in [6.45, 7) is 50.2. The van der Waals surface area contributed by atoms with E-state index in [9.17, 15) is 36.1 Å². The van der Waals surface area contributed by atoms with E-state index in [1.165, 1.54) is 125 Å². The molecule has 0 unspecified atom stereocenters. The van der Waals surface area contributed by atoms with Gasteiger partial charge in [0, 0.05) is 187 Å². The maximum Gasteiger partial charge on any atom is 0.219 e. The highest BCUT2D eigenvalue weighted by molar-refractivity contribution is 7.72. The van der Waals surface area contributed by atoms with Crippen LogP contribution in [-0.2, 0) is 32.7 Å². The van der Waals surface area contributed by atoms with E-state index in [0.29, 0.717) is 117 Å². The first-order chi connectivity index (χ1) is 71.5. The van der Waals surface area contributed by atoms with Crippen LogP contribution in [0.3, 0.4) is 0 Å². The third-order valence-electron chi connectivity index (χ3n) is 34.8. The van der Waals surface area contributed by atoms with Gasteiger partial charge in [0.1, 0.15) is 70.2 Å². The number of benzene rings is 3. The monoisotopic (exact) mass is 2150 g/mol. The SMILES string of the molecule is CC(=O)N1CC[C@H](n2cc(C(C)C)cn2)[C@@H](F)C1.CC(C)c1ccc(P2(=O)CCN(C3CCCCC3)CC2)c2c1OCCO2.CC(C)c1ccc(P2(=O)CCN(C3CCCCC3)CC2)cc1.CC(C)c1cnn([C@H]2CCN(C3COC3)C[C@@H]2F)c1.CC(C)c1cnn([C@H]2CCN(C3COC3)C[C@@H]2F)c1Cl.COc1cc(P2(=O)CCN(C3CCCCC3)CC2)ccc1C(C)C.Cc1c(C(C)C)cnn1[C@H]1CCN(C2COC2)C[C@@H]1F. The van der Waals surface area contributed by atoms with Gasteiger partial charge >= 0.3 is 0 Å². The Bertz CT molecular complexity index is 5370. The molecule has 149 heavy (non-hydrogen) atoms. The molecule has 21 rings (SSSR count). The Labute approximate surface area is 894 Å². The highest BCUT2D eigenvalue weighted by Gasteiger charge is 2.45. The van der Waals surface area contributed by atoms with Gasteiger partial charge in [0.2, 0.25) is 5.91 Å². The van der Waals surface area contributed by atoms with E-state index in [4.69, 9.17) is 40.0 Å². The van der Waals surface area contributed by atoms with E-state index in [1.807, 2.05) is 40.2 Å². The normalized spacial score (nSPS) is 25.8. The Hall–Kier alpha value is -6.29.